The van der Waals surface area contributed by atoms with Crippen molar-refractivity contribution in [2.75, 3.05) is 33.3 Å². The first-order valence-electron chi connectivity index (χ1n) is 6.86. The standard InChI is InChI=1S/C13H22N2O3S2/c1-4-14-7-5-8-15(11(2)10-14)20(16,17)13-12(18-3)6-9-19-13/h6,9,11H,4-5,7-8,10H2,1-3H3/t11-/m0/s1. The molecule has 2 heterocycles. The highest BCUT2D eigenvalue weighted by atomic mass is 32.2. The first kappa shape index (κ1) is 15.8. The Hall–Kier alpha value is -0.630. The molecule has 0 bridgehead atoms. The largest absolute Gasteiger partial charge is 0.494 e. The van der Waals surface area contributed by atoms with E-state index < -0.39 is 10.0 Å². The summed E-state index contributed by atoms with van der Waals surface area (Å²) in [6.45, 7) is 7.35. The zero-order valence-electron chi connectivity index (χ0n) is 12.2. The van der Waals surface area contributed by atoms with Crippen molar-refractivity contribution in [3.63, 3.8) is 0 Å². The van der Waals surface area contributed by atoms with Crippen molar-refractivity contribution in [1.82, 2.24) is 9.21 Å². The smallest absolute Gasteiger partial charge is 0.256 e. The Bertz CT molecular complexity index is 542. The predicted molar refractivity (Wildman–Crippen MR) is 81.0 cm³/mol. The van der Waals surface area contributed by atoms with Crippen molar-refractivity contribution in [2.24, 2.45) is 0 Å². The molecular weight excluding hydrogens is 296 g/mol. The lowest BCUT2D eigenvalue weighted by Crippen LogP contribution is -2.42. The highest BCUT2D eigenvalue weighted by Crippen LogP contribution is 2.33. The van der Waals surface area contributed by atoms with Gasteiger partial charge in [-0.2, -0.15) is 4.31 Å². The average Bonchev–Trinajstić information content (AvgIpc) is 2.82. The van der Waals surface area contributed by atoms with Gasteiger partial charge in [-0.1, -0.05) is 6.92 Å². The van der Waals surface area contributed by atoms with Gasteiger partial charge in [0.25, 0.3) is 10.0 Å². The monoisotopic (exact) mass is 318 g/mol. The third-order valence-corrected chi connectivity index (χ3v) is 7.11. The Labute approximate surface area is 125 Å². The number of sulfonamides is 1. The Balaban J connectivity index is 2.29. The molecule has 2 rings (SSSR count). The molecule has 5 nitrogen and oxygen atoms in total. The minimum Gasteiger partial charge on any atom is -0.494 e. The van der Waals surface area contributed by atoms with Gasteiger partial charge in [0.05, 0.1) is 7.11 Å². The maximum absolute atomic E-state index is 12.8. The predicted octanol–water partition coefficient (Wildman–Crippen LogP) is 1.86. The van der Waals surface area contributed by atoms with Crippen LogP contribution in [0.15, 0.2) is 15.7 Å². The number of ether oxygens (including phenoxy) is 1. The molecule has 0 aliphatic carbocycles. The van der Waals surface area contributed by atoms with Gasteiger partial charge >= 0.3 is 0 Å². The number of likely N-dealkylation sites (N-methyl/N-ethyl adjacent to an activating group) is 1. The lowest BCUT2D eigenvalue weighted by molar-refractivity contribution is 0.261. The number of hydrogen-bond acceptors (Lipinski definition) is 5. The van der Waals surface area contributed by atoms with Crippen LogP contribution in [0.5, 0.6) is 5.75 Å². The second kappa shape index (κ2) is 6.43. The molecule has 1 fully saturated rings. The van der Waals surface area contributed by atoms with E-state index in [9.17, 15) is 8.42 Å². The van der Waals surface area contributed by atoms with E-state index >= 15 is 0 Å². The molecule has 1 saturated heterocycles. The van der Waals surface area contributed by atoms with Gasteiger partial charge in [0, 0.05) is 19.1 Å². The molecule has 1 aromatic heterocycles. The molecule has 0 unspecified atom stereocenters. The van der Waals surface area contributed by atoms with Crippen LogP contribution in [0.25, 0.3) is 0 Å². The summed E-state index contributed by atoms with van der Waals surface area (Å²) in [4.78, 5) is 2.30. The van der Waals surface area contributed by atoms with Crippen molar-refractivity contribution in [3.05, 3.63) is 11.4 Å². The van der Waals surface area contributed by atoms with Crippen LogP contribution in [0.3, 0.4) is 0 Å². The normalized spacial score (nSPS) is 22.6. The first-order valence-corrected chi connectivity index (χ1v) is 9.18. The molecule has 1 aromatic rings. The van der Waals surface area contributed by atoms with E-state index in [4.69, 9.17) is 4.74 Å². The molecule has 0 saturated carbocycles. The number of thiophene rings is 1. The maximum Gasteiger partial charge on any atom is 0.256 e. The number of rotatable bonds is 4. The minimum atomic E-state index is -3.47. The summed E-state index contributed by atoms with van der Waals surface area (Å²) < 4.78 is 32.8. The molecule has 0 amide bonds. The molecule has 114 valence electrons. The SMILES string of the molecule is CCN1CCCN(S(=O)(=O)c2sccc2OC)[C@@H](C)C1. The van der Waals surface area contributed by atoms with Crippen molar-refractivity contribution in [2.45, 2.75) is 30.5 Å². The zero-order valence-corrected chi connectivity index (χ0v) is 13.8. The van der Waals surface area contributed by atoms with Crippen molar-refractivity contribution in [1.29, 1.82) is 0 Å². The lowest BCUT2D eigenvalue weighted by Gasteiger charge is -2.27. The third-order valence-electron chi connectivity index (χ3n) is 3.67. The van der Waals surface area contributed by atoms with Crippen LogP contribution in [-0.2, 0) is 10.0 Å². The van der Waals surface area contributed by atoms with E-state index in [2.05, 4.69) is 11.8 Å². The number of nitrogens with zero attached hydrogens (tertiary/aromatic N) is 2. The fourth-order valence-electron chi connectivity index (χ4n) is 2.60. The number of methoxy groups -OCH3 is 1. The average molecular weight is 318 g/mol. The van der Waals surface area contributed by atoms with Gasteiger partial charge in [-0.3, -0.25) is 0 Å². The summed E-state index contributed by atoms with van der Waals surface area (Å²) in [5.41, 5.74) is 0. The summed E-state index contributed by atoms with van der Waals surface area (Å²) in [7, 11) is -1.96. The van der Waals surface area contributed by atoms with Gasteiger partial charge in [-0.15, -0.1) is 11.3 Å². The van der Waals surface area contributed by atoms with Crippen LogP contribution >= 0.6 is 11.3 Å². The minimum absolute atomic E-state index is 0.0192. The van der Waals surface area contributed by atoms with Gasteiger partial charge in [0.1, 0.15) is 5.75 Å². The van der Waals surface area contributed by atoms with E-state index in [1.165, 1.54) is 18.4 Å². The van der Waals surface area contributed by atoms with Crippen molar-refractivity contribution >= 4 is 21.4 Å². The van der Waals surface area contributed by atoms with Crippen LogP contribution in [0.2, 0.25) is 0 Å². The zero-order chi connectivity index (χ0) is 14.8. The maximum atomic E-state index is 12.8. The molecule has 0 aromatic carbocycles. The second-order valence-corrected chi connectivity index (χ2v) is 7.99. The van der Waals surface area contributed by atoms with Crippen LogP contribution in [-0.4, -0.2) is 57.0 Å². The van der Waals surface area contributed by atoms with E-state index in [0.717, 1.165) is 26.1 Å². The van der Waals surface area contributed by atoms with Gasteiger partial charge in [0.2, 0.25) is 0 Å². The summed E-state index contributed by atoms with van der Waals surface area (Å²) in [6, 6.07) is 1.69. The fourth-order valence-corrected chi connectivity index (χ4v) is 5.65. The Morgan fingerprint density at radius 1 is 1.45 bits per heavy atom. The molecule has 7 heteroatoms. The van der Waals surface area contributed by atoms with E-state index in [1.807, 2.05) is 6.92 Å². The van der Waals surface area contributed by atoms with Crippen LogP contribution in [0.4, 0.5) is 0 Å². The molecule has 0 spiro atoms. The molecular formula is C13H22N2O3S2. The third kappa shape index (κ3) is 3.00. The van der Waals surface area contributed by atoms with Gasteiger partial charge < -0.3 is 9.64 Å². The molecule has 0 N–H and O–H groups in total. The fraction of sp³-hybridized carbons (Fsp3) is 0.692. The van der Waals surface area contributed by atoms with Gasteiger partial charge in [-0.25, -0.2) is 8.42 Å². The summed E-state index contributed by atoms with van der Waals surface area (Å²) in [5.74, 6) is 0.443. The highest BCUT2D eigenvalue weighted by Gasteiger charge is 2.34. The molecule has 1 aliphatic heterocycles. The van der Waals surface area contributed by atoms with Crippen molar-refractivity contribution < 1.29 is 13.2 Å². The molecule has 1 atom stereocenters. The first-order chi connectivity index (χ1) is 9.50. The molecule has 20 heavy (non-hydrogen) atoms. The Morgan fingerprint density at radius 3 is 2.85 bits per heavy atom. The van der Waals surface area contributed by atoms with Crippen molar-refractivity contribution in [3.8, 4) is 5.75 Å². The van der Waals surface area contributed by atoms with Crippen LogP contribution in [0, 0.1) is 0 Å². The summed E-state index contributed by atoms with van der Waals surface area (Å²) >= 11 is 1.22. The topological polar surface area (TPSA) is 49.9 Å². The van der Waals surface area contributed by atoms with Crippen LogP contribution < -0.4 is 4.74 Å². The van der Waals surface area contributed by atoms with Crippen LogP contribution in [0.1, 0.15) is 20.3 Å². The van der Waals surface area contributed by atoms with E-state index in [1.54, 1.807) is 15.8 Å². The highest BCUT2D eigenvalue weighted by molar-refractivity contribution is 7.91. The lowest BCUT2D eigenvalue weighted by atomic mass is 10.3. The second-order valence-electron chi connectivity index (χ2n) is 4.99. The summed E-state index contributed by atoms with van der Waals surface area (Å²) in [5, 5.41) is 1.76. The van der Waals surface area contributed by atoms with E-state index in [-0.39, 0.29) is 6.04 Å². The van der Waals surface area contributed by atoms with Gasteiger partial charge in [0.15, 0.2) is 4.21 Å². The van der Waals surface area contributed by atoms with Gasteiger partial charge in [-0.05, 0) is 37.9 Å². The quantitative estimate of drug-likeness (QED) is 0.850. The Kier molecular flexibility index (Phi) is 5.06. The molecule has 0 radical (unpaired) electrons. The number of hydrogen-bond donors (Lipinski definition) is 0. The van der Waals surface area contributed by atoms with E-state index in [0.29, 0.717) is 16.5 Å². The summed E-state index contributed by atoms with van der Waals surface area (Å²) in [6.07, 6.45) is 0.866. The Morgan fingerprint density at radius 2 is 2.20 bits per heavy atom. The molecule has 1 aliphatic rings.